The van der Waals surface area contributed by atoms with Crippen LogP contribution in [0.2, 0.25) is 0 Å². The van der Waals surface area contributed by atoms with Crippen LogP contribution in [0.15, 0.2) is 52.6 Å². The third kappa shape index (κ3) is 14.7. The smallest absolute Gasteiger partial charge is 0.329 e. The summed E-state index contributed by atoms with van der Waals surface area (Å²) >= 11 is 0. The van der Waals surface area contributed by atoms with Gasteiger partial charge in [-0.3, -0.25) is 14.6 Å². The van der Waals surface area contributed by atoms with Crippen molar-refractivity contribution in [3.8, 4) is 0 Å². The summed E-state index contributed by atoms with van der Waals surface area (Å²) in [4.78, 5) is 48.8. The number of fused-ring (bicyclic) bond motifs is 3. The number of piperidine rings is 1. The number of nitrogens with zero attached hydrogens (tertiary/aromatic N) is 2. The maximum atomic E-state index is 14.4. The first-order valence-electron chi connectivity index (χ1n) is 24.5. The van der Waals surface area contributed by atoms with Crippen molar-refractivity contribution in [2.75, 3.05) is 34.9 Å². The van der Waals surface area contributed by atoms with Crippen LogP contribution in [0.4, 0.5) is 0 Å². The van der Waals surface area contributed by atoms with E-state index < -0.39 is 65.9 Å². The maximum Gasteiger partial charge on any atom is 0.329 e. The monoisotopic (exact) mass is 913 g/mol. The highest BCUT2D eigenvalue weighted by atomic mass is 16.6. The Kier molecular flexibility index (Phi) is 21.8. The molecular weight excluding hydrogens is 829 g/mol. The number of aliphatic hydroxyl groups excluding tert-OH is 2. The molecule has 1 saturated carbocycles. The lowest BCUT2D eigenvalue weighted by atomic mass is 9.78. The summed E-state index contributed by atoms with van der Waals surface area (Å²) in [6.45, 7) is 14.2. The number of carbonyl (C=O) groups excluding carboxylic acids is 3. The van der Waals surface area contributed by atoms with E-state index in [0.29, 0.717) is 64.2 Å². The first kappa shape index (κ1) is 54.6. The number of cyclic esters (lactones) is 1. The molecule has 1 aliphatic carbocycles. The first-order valence-corrected chi connectivity index (χ1v) is 24.5. The lowest BCUT2D eigenvalue weighted by Crippen LogP contribution is -2.61. The number of aliphatic hydroxyl groups is 3. The number of allylic oxidation sites excluding steroid dienone is 6. The predicted octanol–water partition coefficient (Wildman–Crippen LogP) is 7.50. The average Bonchev–Trinajstić information content (AvgIpc) is 3.28. The molecule has 0 aromatic carbocycles. The molecule has 4 aliphatic rings. The number of hydrogen-bond donors (Lipinski definition) is 3. The van der Waals surface area contributed by atoms with Crippen LogP contribution in [0.3, 0.4) is 0 Å². The zero-order valence-corrected chi connectivity index (χ0v) is 41.4. The fraction of sp³-hybridized carbons (Fsp3) is 0.769. The summed E-state index contributed by atoms with van der Waals surface area (Å²) in [6.07, 6.45) is 16.2. The zero-order valence-electron chi connectivity index (χ0n) is 41.4. The molecule has 0 aromatic rings. The molecule has 13 heteroatoms. The molecule has 0 aromatic heterocycles. The van der Waals surface area contributed by atoms with Gasteiger partial charge in [-0.25, -0.2) is 4.79 Å². The van der Waals surface area contributed by atoms with Crippen molar-refractivity contribution in [3.63, 3.8) is 0 Å². The van der Waals surface area contributed by atoms with E-state index in [2.05, 4.69) is 44.8 Å². The number of carbonyl (C=O) groups is 3. The molecule has 4 rings (SSSR count). The van der Waals surface area contributed by atoms with Crippen molar-refractivity contribution in [1.82, 2.24) is 4.90 Å². The van der Waals surface area contributed by atoms with Gasteiger partial charge in [0.1, 0.15) is 24.4 Å². The van der Waals surface area contributed by atoms with E-state index in [1.54, 1.807) is 35.3 Å². The highest BCUT2D eigenvalue weighted by molar-refractivity contribution is 6.39. The van der Waals surface area contributed by atoms with Crippen LogP contribution in [0.25, 0.3) is 0 Å². The van der Waals surface area contributed by atoms with Gasteiger partial charge in [0.05, 0.1) is 24.4 Å². The van der Waals surface area contributed by atoms with E-state index in [-0.39, 0.29) is 48.3 Å². The van der Waals surface area contributed by atoms with E-state index in [1.807, 2.05) is 38.2 Å². The molecule has 368 valence electrons. The predicted molar refractivity (Wildman–Crippen MR) is 253 cm³/mol. The van der Waals surface area contributed by atoms with Crippen LogP contribution in [-0.2, 0) is 38.1 Å². The van der Waals surface area contributed by atoms with Crippen LogP contribution in [0, 0.1) is 35.5 Å². The van der Waals surface area contributed by atoms with Crippen molar-refractivity contribution in [2.24, 2.45) is 40.5 Å². The number of methoxy groups -OCH3 is 3. The molecule has 0 radical (unpaired) electrons. The maximum absolute atomic E-state index is 14.4. The molecule has 2 saturated heterocycles. The molecule has 3 aliphatic heterocycles. The highest BCUT2D eigenvalue weighted by Crippen LogP contribution is 2.38. The van der Waals surface area contributed by atoms with E-state index in [0.717, 1.165) is 36.1 Å². The van der Waals surface area contributed by atoms with Crippen molar-refractivity contribution in [3.05, 3.63) is 47.6 Å². The Balaban J connectivity index is 1.69. The molecule has 3 heterocycles. The topological polar surface area (TPSA) is 174 Å². The molecular formula is C52H84N2O11. The third-order valence-corrected chi connectivity index (χ3v) is 14.8. The summed E-state index contributed by atoms with van der Waals surface area (Å²) in [5.74, 6) is -5.17. The summed E-state index contributed by atoms with van der Waals surface area (Å²) in [7, 11) is 6.59. The number of ether oxygens (including phenoxy) is 5. The lowest BCUT2D eigenvalue weighted by Gasteiger charge is -2.42. The van der Waals surface area contributed by atoms with Gasteiger partial charge in [0.2, 0.25) is 5.79 Å². The minimum Gasteiger partial charge on any atom is -0.461 e. The van der Waals surface area contributed by atoms with Gasteiger partial charge in [0, 0.05) is 53.0 Å². The third-order valence-electron chi connectivity index (χ3n) is 14.8. The van der Waals surface area contributed by atoms with Crippen molar-refractivity contribution < 1.29 is 53.4 Å². The summed E-state index contributed by atoms with van der Waals surface area (Å²) in [5.41, 5.74) is 2.49. The normalized spacial score (nSPS) is 41.0. The van der Waals surface area contributed by atoms with E-state index in [1.165, 1.54) is 4.90 Å². The Morgan fingerprint density at radius 2 is 1.58 bits per heavy atom. The minimum atomic E-state index is -2.37. The fourth-order valence-electron chi connectivity index (χ4n) is 10.7. The van der Waals surface area contributed by atoms with Crippen molar-refractivity contribution in [2.45, 2.75) is 186 Å². The molecule has 3 N–H and O–H groups in total. The van der Waals surface area contributed by atoms with Crippen molar-refractivity contribution in [1.29, 1.82) is 0 Å². The fourth-order valence-corrected chi connectivity index (χ4v) is 10.7. The van der Waals surface area contributed by atoms with Crippen LogP contribution >= 0.6 is 0 Å². The van der Waals surface area contributed by atoms with Gasteiger partial charge in [0.25, 0.3) is 11.7 Å². The largest absolute Gasteiger partial charge is 0.461 e. The van der Waals surface area contributed by atoms with E-state index in [4.69, 9.17) is 23.7 Å². The van der Waals surface area contributed by atoms with Gasteiger partial charge < -0.3 is 43.9 Å². The second kappa shape index (κ2) is 25.9. The minimum absolute atomic E-state index is 0.00261. The van der Waals surface area contributed by atoms with Gasteiger partial charge in [-0.1, -0.05) is 71.1 Å². The molecule has 1 amide bonds. The number of esters is 1. The second-order valence-corrected chi connectivity index (χ2v) is 19.9. The Bertz CT molecular complexity index is 1710. The molecule has 0 unspecified atom stereocenters. The Morgan fingerprint density at radius 3 is 2.26 bits per heavy atom. The molecule has 13 nitrogen and oxygen atoms in total. The van der Waals surface area contributed by atoms with Gasteiger partial charge in [-0.15, -0.1) is 0 Å². The van der Waals surface area contributed by atoms with Gasteiger partial charge in [-0.2, -0.15) is 0 Å². The van der Waals surface area contributed by atoms with Gasteiger partial charge >= 0.3 is 5.97 Å². The number of aliphatic imine (C=N–C) groups is 1. The SMILES string of the molecule is CN=C1[C@H](C)C[C@H](C)/C=C/C=C/C=C(\C)[C@@H](OC)C[C@@H]2CC[C@@H](C)[C@@](O)(O2)C(=O)C(=O)N2CCCC[C@H]2C(=O)O[C@H]([C@H](C)C[C@@H]2CC[C@@H](O)[C@H](OC)C2)CC[C@H](C)/C=C(\C)[C@@H](O)[C@H]1OC. The first-order chi connectivity index (χ1) is 30.9. The summed E-state index contributed by atoms with van der Waals surface area (Å²) < 4.78 is 30.1. The van der Waals surface area contributed by atoms with Crippen LogP contribution < -0.4 is 0 Å². The van der Waals surface area contributed by atoms with Gasteiger partial charge in [-0.05, 0) is 132 Å². The van der Waals surface area contributed by atoms with Crippen LogP contribution in [0.5, 0.6) is 0 Å². The summed E-state index contributed by atoms with van der Waals surface area (Å²) in [6, 6.07) is -0.999. The standard InChI is InChI=1S/C52H84N2O11/c1-32-17-13-12-14-18-34(3)44(61-9)31-40-23-21-38(7)52(60,65-40)49(57)50(58)54-26-16-15-19-41(54)51(59)64-43(35(4)29-39-22-24-42(55)45(30-39)62-10)25-20-33(2)28-37(6)47(56)48(63-11)46(53-8)36(5)27-32/h12-14,17-18,28,32-33,35-36,38-45,47-48,55-56,60H,15-16,19-27,29-31H2,1-11H3/b14-12+,17-13+,34-18+,37-28+,53-46?/t32-,33+,35-,36-,38-,39+,40+,41+,42-,43+,44+,45-,47-,48+,52-/m1/s1. The lowest BCUT2D eigenvalue weighted by molar-refractivity contribution is -0.265. The number of rotatable bonds is 6. The van der Waals surface area contributed by atoms with Crippen LogP contribution in [-0.4, -0.2) is 133 Å². The molecule has 65 heavy (non-hydrogen) atoms. The number of ketones is 1. The Hall–Kier alpha value is -3.04. The highest BCUT2D eigenvalue weighted by Gasteiger charge is 2.53. The van der Waals surface area contributed by atoms with Crippen LogP contribution in [0.1, 0.15) is 132 Å². The summed E-state index contributed by atoms with van der Waals surface area (Å²) in [5, 5.41) is 34.2. The molecule has 2 bridgehead atoms. The molecule has 15 atom stereocenters. The van der Waals surface area contributed by atoms with Gasteiger partial charge in [0.15, 0.2) is 0 Å². The van der Waals surface area contributed by atoms with E-state index >= 15 is 0 Å². The van der Waals surface area contributed by atoms with E-state index in [9.17, 15) is 29.7 Å². The number of hydrogen-bond acceptors (Lipinski definition) is 12. The average molecular weight is 913 g/mol. The molecule has 0 spiro atoms. The zero-order chi connectivity index (χ0) is 48.0. The quantitative estimate of drug-likeness (QED) is 0.137. The number of amides is 1. The Morgan fingerprint density at radius 1 is 0.846 bits per heavy atom. The Labute approximate surface area is 390 Å². The number of Topliss-reactive ketones (excluding diaryl/α,β-unsaturated/α-hetero) is 1. The second-order valence-electron chi connectivity index (χ2n) is 19.9. The van der Waals surface area contributed by atoms with Crippen molar-refractivity contribution >= 4 is 23.4 Å². The molecule has 3 fully saturated rings.